The number of carbonyl (C=O) groups is 1. The predicted molar refractivity (Wildman–Crippen MR) is 103 cm³/mol. The first kappa shape index (κ1) is 18.1. The van der Waals surface area contributed by atoms with E-state index in [1.165, 1.54) is 22.2 Å². The molecular weight excluding hydrogens is 350 g/mol. The maximum Gasteiger partial charge on any atom is 0.262 e. The van der Waals surface area contributed by atoms with Gasteiger partial charge in [0.15, 0.2) is 0 Å². The number of rotatable bonds is 5. The normalized spacial score (nSPS) is 11.1. The smallest absolute Gasteiger partial charge is 0.262 e. The van der Waals surface area contributed by atoms with Gasteiger partial charge in [-0.15, -0.1) is 11.3 Å². The molecule has 0 saturated carbocycles. The van der Waals surface area contributed by atoms with Gasteiger partial charge >= 0.3 is 0 Å². The molecule has 0 aliphatic carbocycles. The highest BCUT2D eigenvalue weighted by Gasteiger charge is 2.19. The summed E-state index contributed by atoms with van der Waals surface area (Å²) >= 11 is 1.24. The Kier molecular flexibility index (Phi) is 5.08. The van der Waals surface area contributed by atoms with E-state index in [4.69, 9.17) is 4.74 Å². The first-order valence-corrected chi connectivity index (χ1v) is 9.17. The molecule has 6 nitrogen and oxygen atoms in total. The minimum atomic E-state index is -0.216. The fourth-order valence-electron chi connectivity index (χ4n) is 2.70. The molecule has 7 heteroatoms. The summed E-state index contributed by atoms with van der Waals surface area (Å²) in [6, 6.07) is 7.63. The number of carbonyl (C=O) groups excluding carboxylic acids is 1. The summed E-state index contributed by atoms with van der Waals surface area (Å²) in [7, 11) is 1.65. The van der Waals surface area contributed by atoms with E-state index in [0.717, 1.165) is 11.3 Å². The SMILES string of the molecule is Cc1c(C(=O)NCc2ccccc2OC(C)C)sc2ncn(C)c(=O)c12. The summed E-state index contributed by atoms with van der Waals surface area (Å²) in [4.78, 5) is 30.3. The first-order valence-electron chi connectivity index (χ1n) is 8.36. The van der Waals surface area contributed by atoms with Crippen LogP contribution in [0, 0.1) is 6.92 Å². The minimum absolute atomic E-state index is 0.0546. The Bertz CT molecular complexity index is 1020. The molecular formula is C19H21N3O3S. The molecule has 0 spiro atoms. The fourth-order valence-corrected chi connectivity index (χ4v) is 3.76. The molecule has 26 heavy (non-hydrogen) atoms. The maximum absolute atomic E-state index is 12.7. The van der Waals surface area contributed by atoms with Crippen molar-refractivity contribution in [2.24, 2.45) is 7.05 Å². The maximum atomic E-state index is 12.7. The van der Waals surface area contributed by atoms with Crippen LogP contribution in [0.15, 0.2) is 35.4 Å². The molecule has 0 fully saturated rings. The molecule has 0 atom stereocenters. The van der Waals surface area contributed by atoms with E-state index in [-0.39, 0.29) is 17.6 Å². The Labute approximate surface area is 155 Å². The highest BCUT2D eigenvalue weighted by Crippen LogP contribution is 2.27. The highest BCUT2D eigenvalue weighted by molar-refractivity contribution is 7.20. The molecule has 0 bridgehead atoms. The average Bonchev–Trinajstić information content (AvgIpc) is 2.94. The van der Waals surface area contributed by atoms with Crippen LogP contribution in [-0.2, 0) is 13.6 Å². The molecule has 2 heterocycles. The predicted octanol–water partition coefficient (Wildman–Crippen LogP) is 3.02. The molecule has 0 aliphatic heterocycles. The van der Waals surface area contributed by atoms with E-state index in [1.807, 2.05) is 38.1 Å². The van der Waals surface area contributed by atoms with Crippen LogP contribution < -0.4 is 15.6 Å². The van der Waals surface area contributed by atoms with Gasteiger partial charge in [-0.25, -0.2) is 4.98 Å². The number of benzene rings is 1. The van der Waals surface area contributed by atoms with Gasteiger partial charge in [0.2, 0.25) is 0 Å². The van der Waals surface area contributed by atoms with Crippen LogP contribution in [0.5, 0.6) is 5.75 Å². The topological polar surface area (TPSA) is 73.2 Å². The van der Waals surface area contributed by atoms with Gasteiger partial charge in [0.05, 0.1) is 22.7 Å². The number of amides is 1. The average molecular weight is 371 g/mol. The lowest BCUT2D eigenvalue weighted by atomic mass is 10.2. The molecule has 0 saturated heterocycles. The fraction of sp³-hybridized carbons (Fsp3) is 0.316. The Hall–Kier alpha value is -2.67. The molecule has 1 N–H and O–H groups in total. The van der Waals surface area contributed by atoms with Crippen LogP contribution in [0.25, 0.3) is 10.2 Å². The van der Waals surface area contributed by atoms with Crippen LogP contribution in [0.1, 0.15) is 34.6 Å². The molecule has 3 rings (SSSR count). The number of hydrogen-bond donors (Lipinski definition) is 1. The first-order chi connectivity index (χ1) is 12.4. The van der Waals surface area contributed by atoms with E-state index in [9.17, 15) is 9.59 Å². The number of nitrogens with zero attached hydrogens (tertiary/aromatic N) is 2. The molecule has 3 aromatic rings. The Morgan fingerprint density at radius 3 is 2.81 bits per heavy atom. The Morgan fingerprint density at radius 1 is 1.35 bits per heavy atom. The highest BCUT2D eigenvalue weighted by atomic mass is 32.1. The van der Waals surface area contributed by atoms with Gasteiger partial charge in [-0.1, -0.05) is 18.2 Å². The third-order valence-corrected chi connectivity index (χ3v) is 5.19. The third-order valence-electron chi connectivity index (χ3n) is 3.99. The second-order valence-corrected chi connectivity index (χ2v) is 7.35. The van der Waals surface area contributed by atoms with Gasteiger partial charge in [-0.3, -0.25) is 9.59 Å². The number of fused-ring (bicyclic) bond motifs is 1. The summed E-state index contributed by atoms with van der Waals surface area (Å²) in [5.74, 6) is 0.540. The van der Waals surface area contributed by atoms with E-state index in [1.54, 1.807) is 14.0 Å². The number of para-hydroxylation sites is 1. The second kappa shape index (κ2) is 7.29. The summed E-state index contributed by atoms with van der Waals surface area (Å²) in [5.41, 5.74) is 1.43. The molecule has 1 aromatic carbocycles. The van der Waals surface area contributed by atoms with Gasteiger partial charge in [0, 0.05) is 19.2 Å². The van der Waals surface area contributed by atoms with Gasteiger partial charge in [-0.05, 0) is 32.4 Å². The standard InChI is InChI=1S/C19H21N3O3S/c1-11(2)25-14-8-6-5-7-13(14)9-20-17(23)16-12(3)15-18(26-16)21-10-22(4)19(15)24/h5-8,10-11H,9H2,1-4H3,(H,20,23). The number of hydrogen-bond acceptors (Lipinski definition) is 5. The van der Waals surface area contributed by atoms with Crippen LogP contribution in [0.4, 0.5) is 0 Å². The summed E-state index contributed by atoms with van der Waals surface area (Å²) in [5, 5.41) is 3.43. The minimum Gasteiger partial charge on any atom is -0.491 e. The van der Waals surface area contributed by atoms with Crippen molar-refractivity contribution in [2.45, 2.75) is 33.4 Å². The quantitative estimate of drug-likeness (QED) is 0.748. The van der Waals surface area contributed by atoms with Crippen LogP contribution >= 0.6 is 11.3 Å². The van der Waals surface area contributed by atoms with Crippen molar-refractivity contribution in [1.82, 2.24) is 14.9 Å². The van der Waals surface area contributed by atoms with Crippen molar-refractivity contribution in [1.29, 1.82) is 0 Å². The zero-order chi connectivity index (χ0) is 18.8. The third kappa shape index (κ3) is 3.48. The molecule has 1 amide bonds. The lowest BCUT2D eigenvalue weighted by molar-refractivity contribution is 0.0954. The van der Waals surface area contributed by atoms with Crippen molar-refractivity contribution in [3.8, 4) is 5.75 Å². The summed E-state index contributed by atoms with van der Waals surface area (Å²) in [6.45, 7) is 6.06. The lowest BCUT2D eigenvalue weighted by Gasteiger charge is -2.14. The number of ether oxygens (including phenoxy) is 1. The molecule has 0 unspecified atom stereocenters. The van der Waals surface area contributed by atoms with Crippen LogP contribution in [-0.4, -0.2) is 21.6 Å². The Morgan fingerprint density at radius 2 is 2.08 bits per heavy atom. The molecule has 0 radical (unpaired) electrons. The lowest BCUT2D eigenvalue weighted by Crippen LogP contribution is -2.23. The van der Waals surface area contributed by atoms with Crippen molar-refractivity contribution in [3.63, 3.8) is 0 Å². The zero-order valence-corrected chi connectivity index (χ0v) is 16.0. The van der Waals surface area contributed by atoms with Crippen molar-refractivity contribution < 1.29 is 9.53 Å². The van der Waals surface area contributed by atoms with Crippen LogP contribution in [0.2, 0.25) is 0 Å². The molecule has 136 valence electrons. The molecule has 0 aliphatic rings. The Balaban J connectivity index is 1.84. The largest absolute Gasteiger partial charge is 0.491 e. The number of aromatic nitrogens is 2. The number of nitrogens with one attached hydrogen (secondary N) is 1. The molecule has 2 aromatic heterocycles. The monoisotopic (exact) mass is 371 g/mol. The summed E-state index contributed by atoms with van der Waals surface area (Å²) < 4.78 is 7.20. The van der Waals surface area contributed by atoms with E-state index >= 15 is 0 Å². The van der Waals surface area contributed by atoms with Gasteiger partial charge in [0.1, 0.15) is 10.6 Å². The summed E-state index contributed by atoms with van der Waals surface area (Å²) in [6.07, 6.45) is 1.53. The van der Waals surface area contributed by atoms with Gasteiger partial charge in [0.25, 0.3) is 11.5 Å². The van der Waals surface area contributed by atoms with E-state index < -0.39 is 0 Å². The van der Waals surface area contributed by atoms with Crippen LogP contribution in [0.3, 0.4) is 0 Å². The van der Waals surface area contributed by atoms with Crippen molar-refractivity contribution >= 4 is 27.5 Å². The van der Waals surface area contributed by atoms with E-state index in [0.29, 0.717) is 27.2 Å². The van der Waals surface area contributed by atoms with Gasteiger partial charge < -0.3 is 14.6 Å². The number of thiophene rings is 1. The van der Waals surface area contributed by atoms with Gasteiger partial charge in [-0.2, -0.15) is 0 Å². The van der Waals surface area contributed by atoms with Crippen molar-refractivity contribution in [2.75, 3.05) is 0 Å². The second-order valence-electron chi connectivity index (χ2n) is 6.35. The van der Waals surface area contributed by atoms with E-state index in [2.05, 4.69) is 10.3 Å². The van der Waals surface area contributed by atoms with Crippen molar-refractivity contribution in [3.05, 3.63) is 57.0 Å². The zero-order valence-electron chi connectivity index (χ0n) is 15.2. The number of aryl methyl sites for hydroxylation is 2.